The number of benzene rings is 1. The van der Waals surface area contributed by atoms with Crippen molar-refractivity contribution in [3.8, 4) is 5.13 Å². The Hall–Kier alpha value is -1.37. The monoisotopic (exact) mass is 325 g/mol. The number of aromatic nitrogens is 3. The molecule has 20 heavy (non-hydrogen) atoms. The van der Waals surface area contributed by atoms with E-state index in [4.69, 9.17) is 11.6 Å². The fourth-order valence-electron chi connectivity index (χ4n) is 1.63. The maximum Gasteiger partial charge on any atom is 0.217 e. The van der Waals surface area contributed by atoms with Gasteiger partial charge in [-0.15, -0.1) is 10.2 Å². The Morgan fingerprint density at radius 3 is 2.75 bits per heavy atom. The summed E-state index contributed by atoms with van der Waals surface area (Å²) in [5.74, 6) is 0.145. The van der Waals surface area contributed by atoms with E-state index in [0.29, 0.717) is 16.3 Å². The molecular weight excluding hydrogens is 317 g/mol. The number of hydrogen-bond donors (Lipinski definition) is 0. The Kier molecular flexibility index (Phi) is 4.05. The first-order valence-electron chi connectivity index (χ1n) is 5.76. The highest BCUT2D eigenvalue weighted by molar-refractivity contribution is 8.00. The van der Waals surface area contributed by atoms with Gasteiger partial charge in [-0.25, -0.2) is 4.39 Å². The van der Waals surface area contributed by atoms with Gasteiger partial charge < -0.3 is 0 Å². The molecule has 0 spiro atoms. The summed E-state index contributed by atoms with van der Waals surface area (Å²) >= 11 is 8.88. The van der Waals surface area contributed by atoms with Crippen molar-refractivity contribution in [1.29, 1.82) is 0 Å². The van der Waals surface area contributed by atoms with Gasteiger partial charge >= 0.3 is 0 Å². The Morgan fingerprint density at radius 1 is 1.20 bits per heavy atom. The fourth-order valence-corrected chi connectivity index (χ4v) is 3.78. The van der Waals surface area contributed by atoms with Crippen molar-refractivity contribution in [2.45, 2.75) is 10.1 Å². The normalized spacial score (nSPS) is 10.9. The van der Waals surface area contributed by atoms with Crippen molar-refractivity contribution >= 4 is 34.7 Å². The first-order valence-corrected chi connectivity index (χ1v) is 7.94. The molecule has 0 fully saturated rings. The number of halogens is 2. The zero-order chi connectivity index (χ0) is 13.9. The largest absolute Gasteiger partial charge is 0.299 e. The van der Waals surface area contributed by atoms with Crippen LogP contribution in [-0.2, 0) is 5.75 Å². The van der Waals surface area contributed by atoms with E-state index in [0.717, 1.165) is 9.47 Å². The van der Waals surface area contributed by atoms with E-state index < -0.39 is 0 Å². The van der Waals surface area contributed by atoms with E-state index in [1.807, 2.05) is 29.1 Å². The maximum absolute atomic E-state index is 13.6. The topological polar surface area (TPSA) is 30.7 Å². The molecule has 0 saturated heterocycles. The molecule has 102 valence electrons. The predicted octanol–water partition coefficient (Wildman–Crippen LogP) is 4.41. The molecule has 0 aliphatic heterocycles. The van der Waals surface area contributed by atoms with Gasteiger partial charge in [-0.2, -0.15) is 0 Å². The Labute approximate surface area is 128 Å². The van der Waals surface area contributed by atoms with Crippen LogP contribution in [0.2, 0.25) is 5.02 Å². The minimum atomic E-state index is -0.292. The third-order valence-electron chi connectivity index (χ3n) is 2.62. The second kappa shape index (κ2) is 5.95. The van der Waals surface area contributed by atoms with Gasteiger partial charge in [0.05, 0.1) is 0 Å². The van der Waals surface area contributed by atoms with Crippen molar-refractivity contribution in [3.05, 3.63) is 59.1 Å². The smallest absolute Gasteiger partial charge is 0.217 e. The minimum absolute atomic E-state index is 0.292. The van der Waals surface area contributed by atoms with Gasteiger partial charge in [0.1, 0.15) is 5.82 Å². The van der Waals surface area contributed by atoms with Crippen molar-refractivity contribution in [1.82, 2.24) is 14.8 Å². The average Bonchev–Trinajstić information content (AvgIpc) is 3.09. The van der Waals surface area contributed by atoms with E-state index in [1.54, 1.807) is 12.1 Å². The molecule has 0 bridgehead atoms. The van der Waals surface area contributed by atoms with Gasteiger partial charge in [-0.1, -0.05) is 40.8 Å². The summed E-state index contributed by atoms with van der Waals surface area (Å²) in [5, 5.41) is 9.42. The second-order valence-electron chi connectivity index (χ2n) is 3.93. The van der Waals surface area contributed by atoms with E-state index in [2.05, 4.69) is 10.2 Å². The third-order valence-corrected chi connectivity index (χ3v) is 5.07. The van der Waals surface area contributed by atoms with Crippen LogP contribution in [-0.4, -0.2) is 14.8 Å². The second-order valence-corrected chi connectivity index (χ2v) is 6.52. The summed E-state index contributed by atoms with van der Waals surface area (Å²) in [6.07, 6.45) is 3.81. The molecule has 0 N–H and O–H groups in total. The first-order chi connectivity index (χ1) is 9.74. The quantitative estimate of drug-likeness (QED) is 0.665. The van der Waals surface area contributed by atoms with E-state index >= 15 is 0 Å². The van der Waals surface area contributed by atoms with Crippen LogP contribution in [0.3, 0.4) is 0 Å². The van der Waals surface area contributed by atoms with Gasteiger partial charge in [0.15, 0.2) is 4.34 Å². The molecule has 7 heteroatoms. The van der Waals surface area contributed by atoms with Crippen LogP contribution in [0.4, 0.5) is 4.39 Å². The van der Waals surface area contributed by atoms with Crippen LogP contribution < -0.4 is 0 Å². The molecule has 2 heterocycles. The van der Waals surface area contributed by atoms with Gasteiger partial charge in [0.25, 0.3) is 0 Å². The van der Waals surface area contributed by atoms with E-state index in [1.165, 1.54) is 29.2 Å². The summed E-state index contributed by atoms with van der Waals surface area (Å²) in [5.41, 5.74) is 0.497. The lowest BCUT2D eigenvalue weighted by Gasteiger charge is -2.03. The van der Waals surface area contributed by atoms with Gasteiger partial charge in [-0.3, -0.25) is 4.57 Å². The standard InChI is InChI=1S/C13H9ClFN3S2/c14-10-4-3-5-11(15)9(10)8-19-13-17-16-12(20-13)18-6-1-2-7-18/h1-7H,8H2. The van der Waals surface area contributed by atoms with Crippen LogP contribution >= 0.6 is 34.7 Å². The number of hydrogen-bond acceptors (Lipinski definition) is 4. The lowest BCUT2D eigenvalue weighted by molar-refractivity contribution is 0.617. The highest BCUT2D eigenvalue weighted by Crippen LogP contribution is 2.31. The highest BCUT2D eigenvalue weighted by Gasteiger charge is 2.10. The molecule has 0 radical (unpaired) electrons. The molecule has 1 aromatic carbocycles. The molecular formula is C13H9ClFN3S2. The number of thioether (sulfide) groups is 1. The molecule has 3 aromatic rings. The zero-order valence-corrected chi connectivity index (χ0v) is 12.6. The van der Waals surface area contributed by atoms with Crippen molar-refractivity contribution in [2.24, 2.45) is 0 Å². The fraction of sp³-hybridized carbons (Fsp3) is 0.0769. The SMILES string of the molecule is Fc1cccc(Cl)c1CSc1nnc(-n2cccc2)s1. The molecule has 3 nitrogen and oxygen atoms in total. The summed E-state index contributed by atoms with van der Waals surface area (Å²) < 4.78 is 16.3. The molecule has 3 rings (SSSR count). The van der Waals surface area contributed by atoms with Crippen LogP contribution in [0.25, 0.3) is 5.13 Å². The molecule has 2 aromatic heterocycles. The molecule has 0 atom stereocenters. The maximum atomic E-state index is 13.6. The Balaban J connectivity index is 1.73. The lowest BCUT2D eigenvalue weighted by atomic mass is 10.2. The summed E-state index contributed by atoms with van der Waals surface area (Å²) in [6.45, 7) is 0. The summed E-state index contributed by atoms with van der Waals surface area (Å²) in [4.78, 5) is 0. The number of nitrogens with zero attached hydrogens (tertiary/aromatic N) is 3. The minimum Gasteiger partial charge on any atom is -0.299 e. The van der Waals surface area contributed by atoms with Crippen molar-refractivity contribution in [3.63, 3.8) is 0 Å². The molecule has 0 aliphatic carbocycles. The van der Waals surface area contributed by atoms with Crippen LogP contribution in [0.5, 0.6) is 0 Å². The molecule has 0 amide bonds. The predicted molar refractivity (Wildman–Crippen MR) is 80.2 cm³/mol. The number of rotatable bonds is 4. The van der Waals surface area contributed by atoms with Gasteiger partial charge in [-0.05, 0) is 24.3 Å². The average molecular weight is 326 g/mol. The molecule has 0 aliphatic rings. The Bertz CT molecular complexity index is 692. The van der Waals surface area contributed by atoms with Gasteiger partial charge in [0.2, 0.25) is 5.13 Å². The molecule has 0 saturated carbocycles. The highest BCUT2D eigenvalue weighted by atomic mass is 35.5. The Morgan fingerprint density at radius 2 is 2.00 bits per heavy atom. The summed E-state index contributed by atoms with van der Waals surface area (Å²) in [7, 11) is 0. The zero-order valence-electron chi connectivity index (χ0n) is 10.2. The van der Waals surface area contributed by atoms with Crippen LogP contribution in [0.15, 0.2) is 47.1 Å². The van der Waals surface area contributed by atoms with Crippen LogP contribution in [0.1, 0.15) is 5.56 Å². The van der Waals surface area contributed by atoms with E-state index in [-0.39, 0.29) is 5.82 Å². The van der Waals surface area contributed by atoms with Crippen LogP contribution in [0, 0.1) is 5.82 Å². The van der Waals surface area contributed by atoms with Crippen molar-refractivity contribution in [2.75, 3.05) is 0 Å². The molecule has 0 unspecified atom stereocenters. The third kappa shape index (κ3) is 2.87. The summed E-state index contributed by atoms with van der Waals surface area (Å²) in [6, 6.07) is 8.54. The lowest BCUT2D eigenvalue weighted by Crippen LogP contribution is -1.88. The van der Waals surface area contributed by atoms with Gasteiger partial charge in [0, 0.05) is 28.7 Å². The van der Waals surface area contributed by atoms with Crippen molar-refractivity contribution < 1.29 is 4.39 Å². The van der Waals surface area contributed by atoms with E-state index in [9.17, 15) is 4.39 Å². The first kappa shape index (κ1) is 13.6.